The van der Waals surface area contributed by atoms with Crippen molar-refractivity contribution in [3.8, 4) is 0 Å². The minimum Gasteiger partial charge on any atom is -0.369 e. The van der Waals surface area contributed by atoms with Crippen molar-refractivity contribution in [2.24, 2.45) is 0 Å². The van der Waals surface area contributed by atoms with Crippen molar-refractivity contribution in [3.05, 3.63) is 30.4 Å². The molecule has 20 heavy (non-hydrogen) atoms. The molecule has 0 aromatic carbocycles. The maximum atomic E-state index is 12.1. The van der Waals surface area contributed by atoms with E-state index >= 15 is 0 Å². The third-order valence-corrected chi connectivity index (χ3v) is 2.64. The Morgan fingerprint density at radius 2 is 2.15 bits per heavy atom. The fourth-order valence-corrected chi connectivity index (χ4v) is 1.72. The Kier molecular flexibility index (Phi) is 4.29. The van der Waals surface area contributed by atoms with E-state index < -0.39 is 0 Å². The zero-order chi connectivity index (χ0) is 14.5. The molecule has 7 nitrogen and oxygen atoms in total. The van der Waals surface area contributed by atoms with Crippen LogP contribution < -0.4 is 10.6 Å². The molecule has 0 aliphatic carbocycles. The van der Waals surface area contributed by atoms with Gasteiger partial charge in [-0.1, -0.05) is 0 Å². The van der Waals surface area contributed by atoms with Crippen LogP contribution in [0.25, 0.3) is 0 Å². The van der Waals surface area contributed by atoms with Gasteiger partial charge >= 0.3 is 0 Å². The SMILES string of the molecule is CCNc1cnc(C(=O)Nc2ccnn2C(C)C)cn1. The first-order chi connectivity index (χ1) is 9.61. The fraction of sp³-hybridized carbons (Fsp3) is 0.385. The molecule has 2 N–H and O–H groups in total. The van der Waals surface area contributed by atoms with Crippen LogP contribution >= 0.6 is 0 Å². The molecule has 0 atom stereocenters. The molecule has 2 heterocycles. The number of nitrogens with one attached hydrogen (secondary N) is 2. The van der Waals surface area contributed by atoms with Gasteiger partial charge in [-0.25, -0.2) is 14.6 Å². The summed E-state index contributed by atoms with van der Waals surface area (Å²) in [6.45, 7) is 6.71. The lowest BCUT2D eigenvalue weighted by molar-refractivity contribution is 0.102. The zero-order valence-corrected chi connectivity index (χ0v) is 11.8. The third-order valence-electron chi connectivity index (χ3n) is 2.64. The van der Waals surface area contributed by atoms with Crippen LogP contribution in [0.4, 0.5) is 11.6 Å². The molecule has 1 amide bonds. The molecule has 0 fully saturated rings. The van der Waals surface area contributed by atoms with E-state index in [0.717, 1.165) is 6.54 Å². The van der Waals surface area contributed by atoms with Gasteiger partial charge in [0.25, 0.3) is 5.91 Å². The van der Waals surface area contributed by atoms with E-state index in [9.17, 15) is 4.79 Å². The summed E-state index contributed by atoms with van der Waals surface area (Å²) in [7, 11) is 0. The van der Waals surface area contributed by atoms with E-state index in [-0.39, 0.29) is 17.6 Å². The van der Waals surface area contributed by atoms with Crippen molar-refractivity contribution < 1.29 is 4.79 Å². The van der Waals surface area contributed by atoms with E-state index in [1.54, 1.807) is 16.9 Å². The maximum absolute atomic E-state index is 12.1. The standard InChI is InChI=1S/C13H18N6O/c1-4-14-11-8-15-10(7-16-11)13(20)18-12-5-6-17-19(12)9(2)3/h5-9H,4H2,1-3H3,(H,14,16)(H,18,20). The van der Waals surface area contributed by atoms with Crippen molar-refractivity contribution in [2.45, 2.75) is 26.8 Å². The Bertz CT molecular complexity index is 575. The number of nitrogens with zero attached hydrogens (tertiary/aromatic N) is 4. The van der Waals surface area contributed by atoms with Gasteiger partial charge in [-0.15, -0.1) is 0 Å². The average Bonchev–Trinajstić information content (AvgIpc) is 2.88. The molecular weight excluding hydrogens is 256 g/mol. The molecule has 2 rings (SSSR count). The summed E-state index contributed by atoms with van der Waals surface area (Å²) in [5.41, 5.74) is 0.267. The first-order valence-electron chi connectivity index (χ1n) is 6.52. The second-order valence-electron chi connectivity index (χ2n) is 4.53. The second kappa shape index (κ2) is 6.14. The Balaban J connectivity index is 2.09. The van der Waals surface area contributed by atoms with Crippen molar-refractivity contribution >= 4 is 17.5 Å². The highest BCUT2D eigenvalue weighted by Gasteiger charge is 2.12. The predicted octanol–water partition coefficient (Wildman–Crippen LogP) is 1.94. The van der Waals surface area contributed by atoms with Gasteiger partial charge in [-0.3, -0.25) is 4.79 Å². The third kappa shape index (κ3) is 3.11. The van der Waals surface area contributed by atoms with Gasteiger partial charge in [0, 0.05) is 18.7 Å². The highest BCUT2D eigenvalue weighted by molar-refractivity contribution is 6.02. The van der Waals surface area contributed by atoms with Gasteiger partial charge in [0.2, 0.25) is 0 Å². The smallest absolute Gasteiger partial charge is 0.277 e. The van der Waals surface area contributed by atoms with Gasteiger partial charge in [0.05, 0.1) is 18.6 Å². The van der Waals surface area contributed by atoms with Crippen LogP contribution in [0, 0.1) is 0 Å². The van der Waals surface area contributed by atoms with Crippen LogP contribution in [0.15, 0.2) is 24.7 Å². The highest BCUT2D eigenvalue weighted by atomic mass is 16.2. The van der Waals surface area contributed by atoms with Gasteiger partial charge < -0.3 is 10.6 Å². The minimum atomic E-state index is -0.303. The topological polar surface area (TPSA) is 84.7 Å². The monoisotopic (exact) mass is 274 g/mol. The Labute approximate surface area is 117 Å². The molecule has 0 bridgehead atoms. The lowest BCUT2D eigenvalue weighted by Gasteiger charge is -2.11. The van der Waals surface area contributed by atoms with Crippen LogP contribution in [-0.2, 0) is 0 Å². The largest absolute Gasteiger partial charge is 0.369 e. The van der Waals surface area contributed by atoms with E-state index in [0.29, 0.717) is 11.6 Å². The van der Waals surface area contributed by atoms with Crippen molar-refractivity contribution in [1.82, 2.24) is 19.7 Å². The summed E-state index contributed by atoms with van der Waals surface area (Å²) in [6, 6.07) is 1.92. The van der Waals surface area contributed by atoms with Crippen molar-refractivity contribution in [2.75, 3.05) is 17.2 Å². The molecule has 0 aliphatic heterocycles. The summed E-state index contributed by atoms with van der Waals surface area (Å²) in [6.07, 6.45) is 4.64. The maximum Gasteiger partial charge on any atom is 0.277 e. The van der Waals surface area contributed by atoms with Gasteiger partial charge in [0.1, 0.15) is 17.3 Å². The molecule has 0 unspecified atom stereocenters. The van der Waals surface area contributed by atoms with E-state index in [2.05, 4.69) is 25.7 Å². The Hall–Kier alpha value is -2.44. The number of carbonyl (C=O) groups excluding carboxylic acids is 1. The summed E-state index contributed by atoms with van der Waals surface area (Å²) >= 11 is 0. The highest BCUT2D eigenvalue weighted by Crippen LogP contribution is 2.13. The number of aromatic nitrogens is 4. The molecule has 2 aromatic rings. The molecule has 2 aromatic heterocycles. The predicted molar refractivity (Wildman–Crippen MR) is 76.8 cm³/mol. The molecular formula is C13H18N6O. The number of hydrogen-bond donors (Lipinski definition) is 2. The number of anilines is 2. The second-order valence-corrected chi connectivity index (χ2v) is 4.53. The van der Waals surface area contributed by atoms with Crippen LogP contribution in [-0.4, -0.2) is 32.2 Å². The molecule has 0 aliphatic rings. The molecule has 0 radical (unpaired) electrons. The Morgan fingerprint density at radius 3 is 2.75 bits per heavy atom. The van der Waals surface area contributed by atoms with E-state index in [1.807, 2.05) is 20.8 Å². The van der Waals surface area contributed by atoms with Crippen LogP contribution in [0.2, 0.25) is 0 Å². The molecule has 0 saturated heterocycles. The van der Waals surface area contributed by atoms with Crippen LogP contribution in [0.1, 0.15) is 37.3 Å². The summed E-state index contributed by atoms with van der Waals surface area (Å²) in [5, 5.41) is 9.96. The molecule has 0 spiro atoms. The summed E-state index contributed by atoms with van der Waals surface area (Å²) < 4.78 is 1.73. The molecule has 7 heteroatoms. The molecule has 0 saturated carbocycles. The van der Waals surface area contributed by atoms with Gasteiger partial charge in [0.15, 0.2) is 0 Å². The zero-order valence-electron chi connectivity index (χ0n) is 11.8. The number of rotatable bonds is 5. The lowest BCUT2D eigenvalue weighted by atomic mass is 10.4. The summed E-state index contributed by atoms with van der Waals surface area (Å²) in [5.74, 6) is 0.988. The van der Waals surface area contributed by atoms with E-state index in [4.69, 9.17) is 0 Å². The number of hydrogen-bond acceptors (Lipinski definition) is 5. The van der Waals surface area contributed by atoms with Crippen molar-refractivity contribution in [1.29, 1.82) is 0 Å². The van der Waals surface area contributed by atoms with Crippen molar-refractivity contribution in [3.63, 3.8) is 0 Å². The molecule has 106 valence electrons. The fourth-order valence-electron chi connectivity index (χ4n) is 1.72. The van der Waals surface area contributed by atoms with Crippen LogP contribution in [0.5, 0.6) is 0 Å². The first-order valence-corrected chi connectivity index (χ1v) is 6.52. The van der Waals surface area contributed by atoms with Crippen LogP contribution in [0.3, 0.4) is 0 Å². The Morgan fingerprint density at radius 1 is 1.35 bits per heavy atom. The average molecular weight is 274 g/mol. The van der Waals surface area contributed by atoms with Gasteiger partial charge in [-0.2, -0.15) is 5.10 Å². The number of carbonyl (C=O) groups is 1. The lowest BCUT2D eigenvalue weighted by Crippen LogP contribution is -2.18. The summed E-state index contributed by atoms with van der Waals surface area (Å²) in [4.78, 5) is 20.3. The first kappa shape index (κ1) is 14.0. The quantitative estimate of drug-likeness (QED) is 0.870. The normalized spacial score (nSPS) is 10.6. The van der Waals surface area contributed by atoms with E-state index in [1.165, 1.54) is 12.4 Å². The number of amides is 1. The minimum absolute atomic E-state index is 0.169. The van der Waals surface area contributed by atoms with Gasteiger partial charge in [-0.05, 0) is 20.8 Å².